The van der Waals surface area contributed by atoms with Gasteiger partial charge in [-0.05, 0) is 55.3 Å². The highest BCUT2D eigenvalue weighted by Gasteiger charge is 2.23. The van der Waals surface area contributed by atoms with Crippen LogP contribution in [0.2, 0.25) is 0 Å². The Morgan fingerprint density at radius 2 is 1.71 bits per heavy atom. The summed E-state index contributed by atoms with van der Waals surface area (Å²) in [5, 5.41) is 3.11. The van der Waals surface area contributed by atoms with Gasteiger partial charge in [0.15, 0.2) is 0 Å². The molecule has 2 aromatic rings. The summed E-state index contributed by atoms with van der Waals surface area (Å²) in [6.45, 7) is 4.34. The predicted molar refractivity (Wildman–Crippen MR) is 77.6 cm³/mol. The molecule has 0 bridgehead atoms. The van der Waals surface area contributed by atoms with Gasteiger partial charge in [0.25, 0.3) is 0 Å². The molecule has 0 saturated carbocycles. The molecule has 2 aromatic carbocycles. The van der Waals surface area contributed by atoms with E-state index < -0.39 is 23.5 Å². The first kappa shape index (κ1) is 15.6. The number of benzene rings is 2. The lowest BCUT2D eigenvalue weighted by atomic mass is 9.94. The average molecular weight is 293 g/mol. The van der Waals surface area contributed by atoms with Gasteiger partial charge in [0.05, 0.1) is 6.04 Å². The maximum Gasteiger partial charge on any atom is 0.131 e. The quantitative estimate of drug-likeness (QED) is 0.855. The van der Waals surface area contributed by atoms with Crippen LogP contribution in [0.25, 0.3) is 0 Å². The van der Waals surface area contributed by atoms with Crippen molar-refractivity contribution in [2.45, 2.75) is 26.3 Å². The van der Waals surface area contributed by atoms with E-state index in [1.807, 2.05) is 6.92 Å². The van der Waals surface area contributed by atoms with Crippen molar-refractivity contribution in [1.82, 2.24) is 5.32 Å². The molecule has 0 spiro atoms. The highest BCUT2D eigenvalue weighted by Crippen LogP contribution is 2.29. The second-order valence-corrected chi connectivity index (χ2v) is 5.02. The smallest absolute Gasteiger partial charge is 0.131 e. The maximum absolute atomic E-state index is 14.1. The topological polar surface area (TPSA) is 12.0 Å². The van der Waals surface area contributed by atoms with E-state index in [-0.39, 0.29) is 5.56 Å². The number of nitrogens with one attached hydrogen (secondary N) is 1. The summed E-state index contributed by atoms with van der Waals surface area (Å²) in [5.41, 5.74) is 1.26. The number of hydrogen-bond donors (Lipinski definition) is 1. The molecule has 0 radical (unpaired) electrons. The zero-order valence-electron chi connectivity index (χ0n) is 12.1. The zero-order chi connectivity index (χ0) is 15.4. The van der Waals surface area contributed by atoms with Crippen molar-refractivity contribution in [3.63, 3.8) is 0 Å². The van der Waals surface area contributed by atoms with Gasteiger partial charge in [0.2, 0.25) is 0 Å². The van der Waals surface area contributed by atoms with E-state index in [2.05, 4.69) is 5.32 Å². The van der Waals surface area contributed by atoms with Crippen molar-refractivity contribution in [1.29, 1.82) is 0 Å². The second-order valence-electron chi connectivity index (χ2n) is 5.02. The average Bonchev–Trinajstić information content (AvgIpc) is 2.45. The Hall–Kier alpha value is -1.81. The van der Waals surface area contributed by atoms with Crippen molar-refractivity contribution in [3.05, 3.63) is 70.5 Å². The summed E-state index contributed by atoms with van der Waals surface area (Å²) < 4.78 is 41.7. The molecule has 0 aliphatic heterocycles. The van der Waals surface area contributed by atoms with Crippen LogP contribution >= 0.6 is 0 Å². The van der Waals surface area contributed by atoms with Crippen LogP contribution in [-0.4, -0.2) is 6.54 Å². The first-order chi connectivity index (χ1) is 10.0. The highest BCUT2D eigenvalue weighted by atomic mass is 19.1. The highest BCUT2D eigenvalue weighted by molar-refractivity contribution is 5.38. The van der Waals surface area contributed by atoms with E-state index in [4.69, 9.17) is 0 Å². The van der Waals surface area contributed by atoms with E-state index in [1.165, 1.54) is 30.3 Å². The predicted octanol–water partition coefficient (Wildman–Crippen LogP) is 4.50. The number of aryl methyl sites for hydroxylation is 1. The summed E-state index contributed by atoms with van der Waals surface area (Å²) in [6.07, 6.45) is 0.806. The molecule has 1 nitrogen and oxygen atoms in total. The molecule has 1 atom stereocenters. The Bertz CT molecular complexity index is 605. The molecule has 2 rings (SSSR count). The number of rotatable bonds is 5. The molecular weight excluding hydrogens is 275 g/mol. The van der Waals surface area contributed by atoms with E-state index in [9.17, 15) is 13.2 Å². The summed E-state index contributed by atoms with van der Waals surface area (Å²) in [7, 11) is 0. The van der Waals surface area contributed by atoms with Gasteiger partial charge in [-0.3, -0.25) is 0 Å². The molecular formula is C17H18F3N. The van der Waals surface area contributed by atoms with Gasteiger partial charge >= 0.3 is 0 Å². The van der Waals surface area contributed by atoms with E-state index in [1.54, 1.807) is 13.0 Å². The molecule has 0 saturated heterocycles. The standard InChI is InChI=1S/C17H18F3N/c1-3-9-21-17(13-10-12(18)8-7-11(13)2)16-14(19)5-4-6-15(16)20/h4-8,10,17,21H,3,9H2,1-2H3. The Morgan fingerprint density at radius 1 is 1.05 bits per heavy atom. The van der Waals surface area contributed by atoms with Gasteiger partial charge < -0.3 is 5.32 Å². The zero-order valence-corrected chi connectivity index (χ0v) is 12.1. The molecule has 1 unspecified atom stereocenters. The van der Waals surface area contributed by atoms with Crippen molar-refractivity contribution in [3.8, 4) is 0 Å². The third-order valence-corrected chi connectivity index (χ3v) is 3.44. The first-order valence-electron chi connectivity index (χ1n) is 6.98. The van der Waals surface area contributed by atoms with Crippen molar-refractivity contribution in [2.24, 2.45) is 0 Å². The number of halogens is 3. The van der Waals surface area contributed by atoms with Crippen LogP contribution in [0.4, 0.5) is 13.2 Å². The molecule has 0 aliphatic rings. The summed E-state index contributed by atoms with van der Waals surface area (Å²) in [6, 6.07) is 7.33. The molecule has 4 heteroatoms. The monoisotopic (exact) mass is 293 g/mol. The van der Waals surface area contributed by atoms with Gasteiger partial charge in [-0.2, -0.15) is 0 Å². The normalized spacial score (nSPS) is 12.4. The van der Waals surface area contributed by atoms with Crippen molar-refractivity contribution in [2.75, 3.05) is 6.54 Å². The van der Waals surface area contributed by atoms with Crippen LogP contribution in [0.1, 0.15) is 36.1 Å². The largest absolute Gasteiger partial charge is 0.306 e. The molecule has 0 aromatic heterocycles. The first-order valence-corrected chi connectivity index (χ1v) is 6.98. The van der Waals surface area contributed by atoms with E-state index in [0.29, 0.717) is 12.1 Å². The molecule has 0 fully saturated rings. The fraction of sp³-hybridized carbons (Fsp3) is 0.294. The number of hydrogen-bond acceptors (Lipinski definition) is 1. The Morgan fingerprint density at radius 3 is 2.33 bits per heavy atom. The SMILES string of the molecule is CCCNC(c1cc(F)ccc1C)c1c(F)cccc1F. The van der Waals surface area contributed by atoms with Crippen LogP contribution in [-0.2, 0) is 0 Å². The van der Waals surface area contributed by atoms with E-state index in [0.717, 1.165) is 12.0 Å². The minimum Gasteiger partial charge on any atom is -0.306 e. The van der Waals surface area contributed by atoms with Crippen molar-refractivity contribution < 1.29 is 13.2 Å². The van der Waals surface area contributed by atoms with Crippen LogP contribution in [0.3, 0.4) is 0 Å². The summed E-state index contributed by atoms with van der Waals surface area (Å²) in [5.74, 6) is -1.69. The van der Waals surface area contributed by atoms with Crippen LogP contribution in [0.5, 0.6) is 0 Å². The van der Waals surface area contributed by atoms with Crippen molar-refractivity contribution >= 4 is 0 Å². The van der Waals surface area contributed by atoms with Gasteiger partial charge in [0.1, 0.15) is 17.5 Å². The lowest BCUT2D eigenvalue weighted by Gasteiger charge is -2.22. The fourth-order valence-electron chi connectivity index (χ4n) is 2.37. The molecule has 0 heterocycles. The lowest BCUT2D eigenvalue weighted by Crippen LogP contribution is -2.26. The minimum atomic E-state index is -0.707. The molecule has 1 N–H and O–H groups in total. The van der Waals surface area contributed by atoms with Gasteiger partial charge in [0, 0.05) is 5.56 Å². The maximum atomic E-state index is 14.1. The minimum absolute atomic E-state index is 0.0698. The second kappa shape index (κ2) is 6.76. The molecule has 21 heavy (non-hydrogen) atoms. The van der Waals surface area contributed by atoms with Crippen LogP contribution in [0.15, 0.2) is 36.4 Å². The Kier molecular flexibility index (Phi) is 5.02. The molecule has 112 valence electrons. The van der Waals surface area contributed by atoms with Crippen LogP contribution < -0.4 is 5.32 Å². The lowest BCUT2D eigenvalue weighted by molar-refractivity contribution is 0.500. The van der Waals surface area contributed by atoms with Gasteiger partial charge in [-0.1, -0.05) is 19.1 Å². The molecule has 0 aliphatic carbocycles. The summed E-state index contributed by atoms with van der Waals surface area (Å²) in [4.78, 5) is 0. The Balaban J connectivity index is 2.55. The molecule has 0 amide bonds. The fourth-order valence-corrected chi connectivity index (χ4v) is 2.37. The third kappa shape index (κ3) is 3.45. The third-order valence-electron chi connectivity index (χ3n) is 3.44. The van der Waals surface area contributed by atoms with Gasteiger partial charge in [-0.15, -0.1) is 0 Å². The Labute approximate surface area is 122 Å². The summed E-state index contributed by atoms with van der Waals surface area (Å²) >= 11 is 0. The van der Waals surface area contributed by atoms with E-state index >= 15 is 0 Å². The van der Waals surface area contributed by atoms with Crippen LogP contribution in [0, 0.1) is 24.4 Å². The van der Waals surface area contributed by atoms with Gasteiger partial charge in [-0.25, -0.2) is 13.2 Å².